The van der Waals surface area contributed by atoms with E-state index in [2.05, 4.69) is 15.5 Å². The van der Waals surface area contributed by atoms with E-state index in [9.17, 15) is 9.59 Å². The predicted molar refractivity (Wildman–Crippen MR) is 87.4 cm³/mol. The Hall–Kier alpha value is -2.34. The van der Waals surface area contributed by atoms with Gasteiger partial charge < -0.3 is 10.1 Å². The minimum atomic E-state index is -0.640. The molecule has 1 aromatic carbocycles. The number of carbonyl (C=O) groups excluding carboxylic acids is 1. The number of hydrogen-bond donors (Lipinski definition) is 2. The summed E-state index contributed by atoms with van der Waals surface area (Å²) < 4.78 is 5.75. The van der Waals surface area contributed by atoms with E-state index in [-0.39, 0.29) is 23.9 Å². The first-order valence-corrected chi connectivity index (χ1v) is 7.58. The van der Waals surface area contributed by atoms with Gasteiger partial charge in [-0.1, -0.05) is 25.4 Å². The normalized spacial score (nSPS) is 12.0. The molecule has 1 heterocycles. The number of amides is 1. The third-order valence-electron chi connectivity index (χ3n) is 3.12. The molecule has 6 nitrogen and oxygen atoms in total. The Kier molecular flexibility index (Phi) is 5.76. The second kappa shape index (κ2) is 7.78. The number of aromatic nitrogens is 2. The molecule has 2 rings (SSSR count). The second-order valence-electron chi connectivity index (χ2n) is 5.37. The van der Waals surface area contributed by atoms with Crippen molar-refractivity contribution in [1.82, 2.24) is 15.5 Å². The molecule has 1 amide bonds. The molecule has 0 aliphatic heterocycles. The smallest absolute Gasteiger partial charge is 0.264 e. The largest absolute Gasteiger partial charge is 0.480 e. The van der Waals surface area contributed by atoms with E-state index in [0.29, 0.717) is 16.5 Å². The third-order valence-corrected chi connectivity index (χ3v) is 3.37. The molecule has 1 unspecified atom stereocenters. The molecular formula is C16H18ClN3O3. The Bertz CT molecular complexity index is 693. The van der Waals surface area contributed by atoms with Gasteiger partial charge >= 0.3 is 0 Å². The van der Waals surface area contributed by atoms with E-state index in [4.69, 9.17) is 16.3 Å². The van der Waals surface area contributed by atoms with Gasteiger partial charge in [0.05, 0.1) is 12.2 Å². The van der Waals surface area contributed by atoms with Crippen molar-refractivity contribution in [3.8, 4) is 5.75 Å². The van der Waals surface area contributed by atoms with Crippen LogP contribution in [0.1, 0.15) is 19.5 Å². The summed E-state index contributed by atoms with van der Waals surface area (Å²) in [6.07, 6.45) is -0.640. The summed E-state index contributed by atoms with van der Waals surface area (Å²) in [4.78, 5) is 23.3. The number of hydrogen-bond acceptors (Lipinski definition) is 4. The molecule has 2 aromatic rings. The predicted octanol–water partition coefficient (Wildman–Crippen LogP) is 2.14. The highest BCUT2D eigenvalue weighted by Gasteiger charge is 2.24. The molecule has 0 aliphatic rings. The summed E-state index contributed by atoms with van der Waals surface area (Å²) in [6, 6.07) is 9.76. The molecule has 0 spiro atoms. The Morgan fingerprint density at radius 2 is 1.96 bits per heavy atom. The lowest BCUT2D eigenvalue weighted by molar-refractivity contribution is -0.130. The molecule has 0 radical (unpaired) electrons. The van der Waals surface area contributed by atoms with Gasteiger partial charge in [0.25, 0.3) is 11.5 Å². The fourth-order valence-electron chi connectivity index (χ4n) is 1.90. The summed E-state index contributed by atoms with van der Waals surface area (Å²) >= 11 is 5.83. The summed E-state index contributed by atoms with van der Waals surface area (Å²) in [5, 5.41) is 9.52. The van der Waals surface area contributed by atoms with Crippen molar-refractivity contribution in [2.24, 2.45) is 5.92 Å². The average molecular weight is 336 g/mol. The van der Waals surface area contributed by atoms with Gasteiger partial charge in [0.15, 0.2) is 6.10 Å². The number of halogens is 1. The van der Waals surface area contributed by atoms with Crippen molar-refractivity contribution >= 4 is 17.5 Å². The van der Waals surface area contributed by atoms with Crippen molar-refractivity contribution in [3.05, 3.63) is 57.5 Å². The molecule has 0 aliphatic carbocycles. The van der Waals surface area contributed by atoms with Crippen LogP contribution in [0.25, 0.3) is 0 Å². The molecule has 1 atom stereocenters. The lowest BCUT2D eigenvalue weighted by atomic mass is 10.1. The first-order valence-electron chi connectivity index (χ1n) is 7.20. The zero-order chi connectivity index (χ0) is 16.8. The van der Waals surface area contributed by atoms with Gasteiger partial charge in [-0.05, 0) is 36.2 Å². The van der Waals surface area contributed by atoms with E-state index in [0.717, 1.165) is 0 Å². The number of carbonyl (C=O) groups is 1. The molecule has 1 aromatic heterocycles. The van der Waals surface area contributed by atoms with Gasteiger partial charge in [0.1, 0.15) is 5.75 Å². The van der Waals surface area contributed by atoms with E-state index in [1.165, 1.54) is 6.07 Å². The molecule has 0 bridgehead atoms. The van der Waals surface area contributed by atoms with Gasteiger partial charge in [0.2, 0.25) is 0 Å². The van der Waals surface area contributed by atoms with Crippen molar-refractivity contribution < 1.29 is 9.53 Å². The standard InChI is InChI=1S/C16H18ClN3O3/c1-10(2)15(23-13-6-3-11(17)4-7-13)16(22)18-9-12-5-8-14(21)20-19-12/h3-8,10,15H,9H2,1-2H3,(H,18,22)(H,20,21). The van der Waals surface area contributed by atoms with Crippen LogP contribution in [-0.4, -0.2) is 22.2 Å². The van der Waals surface area contributed by atoms with Gasteiger partial charge in [-0.15, -0.1) is 0 Å². The summed E-state index contributed by atoms with van der Waals surface area (Å²) in [5.74, 6) is 0.308. The third kappa shape index (κ3) is 5.10. The van der Waals surface area contributed by atoms with E-state index >= 15 is 0 Å². The van der Waals surface area contributed by atoms with Gasteiger partial charge in [-0.25, -0.2) is 5.10 Å². The number of aromatic amines is 1. The Morgan fingerprint density at radius 3 is 2.52 bits per heavy atom. The van der Waals surface area contributed by atoms with Crippen LogP contribution in [0.15, 0.2) is 41.2 Å². The summed E-state index contributed by atoms with van der Waals surface area (Å²) in [6.45, 7) is 4.01. The fraction of sp³-hybridized carbons (Fsp3) is 0.312. The minimum absolute atomic E-state index is 0.0192. The van der Waals surface area contributed by atoms with Gasteiger partial charge in [-0.3, -0.25) is 9.59 Å². The van der Waals surface area contributed by atoms with Crippen LogP contribution in [0, 0.1) is 5.92 Å². The first kappa shape index (κ1) is 17.0. The topological polar surface area (TPSA) is 84.1 Å². The molecule has 122 valence electrons. The Labute approximate surface area is 138 Å². The number of nitrogens with one attached hydrogen (secondary N) is 2. The minimum Gasteiger partial charge on any atom is -0.480 e. The highest BCUT2D eigenvalue weighted by Crippen LogP contribution is 2.19. The number of benzene rings is 1. The molecule has 0 fully saturated rings. The van der Waals surface area contributed by atoms with Crippen LogP contribution >= 0.6 is 11.6 Å². The number of nitrogens with zero attached hydrogens (tertiary/aromatic N) is 1. The maximum atomic E-state index is 12.3. The zero-order valence-electron chi connectivity index (χ0n) is 12.9. The van der Waals surface area contributed by atoms with E-state index in [1.54, 1.807) is 30.3 Å². The van der Waals surface area contributed by atoms with Crippen LogP contribution in [0.5, 0.6) is 5.75 Å². The quantitative estimate of drug-likeness (QED) is 0.847. The van der Waals surface area contributed by atoms with Crippen LogP contribution in [0.4, 0.5) is 0 Å². The fourth-order valence-corrected chi connectivity index (χ4v) is 2.03. The molecule has 0 saturated carbocycles. The number of H-pyrrole nitrogens is 1. The maximum Gasteiger partial charge on any atom is 0.264 e. The first-order chi connectivity index (χ1) is 11.0. The molecule has 23 heavy (non-hydrogen) atoms. The molecule has 2 N–H and O–H groups in total. The maximum absolute atomic E-state index is 12.3. The molecule has 0 saturated heterocycles. The van der Waals surface area contributed by atoms with Gasteiger partial charge in [-0.2, -0.15) is 5.10 Å². The summed E-state index contributed by atoms with van der Waals surface area (Å²) in [5.41, 5.74) is 0.276. The second-order valence-corrected chi connectivity index (χ2v) is 5.80. The number of ether oxygens (including phenoxy) is 1. The Balaban J connectivity index is 1.99. The summed E-state index contributed by atoms with van der Waals surface area (Å²) in [7, 11) is 0. The van der Waals surface area contributed by atoms with Crippen LogP contribution in [0.3, 0.4) is 0 Å². The van der Waals surface area contributed by atoms with Crippen LogP contribution < -0.4 is 15.6 Å². The van der Waals surface area contributed by atoms with Crippen molar-refractivity contribution in [1.29, 1.82) is 0 Å². The lowest BCUT2D eigenvalue weighted by Gasteiger charge is -2.21. The SMILES string of the molecule is CC(C)C(Oc1ccc(Cl)cc1)C(=O)NCc1ccc(=O)[nH]n1. The zero-order valence-corrected chi connectivity index (χ0v) is 13.6. The van der Waals surface area contributed by atoms with E-state index < -0.39 is 6.10 Å². The van der Waals surface area contributed by atoms with E-state index in [1.807, 2.05) is 13.8 Å². The van der Waals surface area contributed by atoms with Crippen LogP contribution in [-0.2, 0) is 11.3 Å². The van der Waals surface area contributed by atoms with Crippen molar-refractivity contribution in [2.45, 2.75) is 26.5 Å². The van der Waals surface area contributed by atoms with Crippen molar-refractivity contribution in [2.75, 3.05) is 0 Å². The van der Waals surface area contributed by atoms with Gasteiger partial charge in [0, 0.05) is 11.1 Å². The monoisotopic (exact) mass is 335 g/mol. The Morgan fingerprint density at radius 1 is 1.26 bits per heavy atom. The highest BCUT2D eigenvalue weighted by atomic mass is 35.5. The molecular weight excluding hydrogens is 318 g/mol. The van der Waals surface area contributed by atoms with Crippen LogP contribution in [0.2, 0.25) is 5.02 Å². The van der Waals surface area contributed by atoms with Crippen molar-refractivity contribution in [3.63, 3.8) is 0 Å². The highest BCUT2D eigenvalue weighted by molar-refractivity contribution is 6.30. The lowest BCUT2D eigenvalue weighted by Crippen LogP contribution is -2.41. The molecule has 7 heteroatoms. The number of rotatable bonds is 6. The average Bonchev–Trinajstić information content (AvgIpc) is 2.53.